The maximum absolute atomic E-state index is 12.4. The van der Waals surface area contributed by atoms with Crippen LogP contribution in [0.4, 0.5) is 0 Å². The number of unbranched alkanes of at least 4 members (excludes halogenated alkanes) is 1. The highest BCUT2D eigenvalue weighted by Crippen LogP contribution is 2.35. The zero-order chi connectivity index (χ0) is 13.8. The molecule has 18 heavy (non-hydrogen) atoms. The first-order valence-corrected chi connectivity index (χ1v) is 8.99. The summed E-state index contributed by atoms with van der Waals surface area (Å²) in [5, 5.41) is 0. The van der Waals surface area contributed by atoms with Crippen LogP contribution in [0.1, 0.15) is 19.8 Å². The Morgan fingerprint density at radius 3 is 2.44 bits per heavy atom. The summed E-state index contributed by atoms with van der Waals surface area (Å²) >= 11 is 18.4. The monoisotopic (exact) mass is 349 g/mol. The highest BCUT2D eigenvalue weighted by atomic mass is 35.5. The van der Waals surface area contributed by atoms with Crippen molar-refractivity contribution in [2.24, 2.45) is 0 Å². The molecule has 0 aliphatic rings. The smallest absolute Gasteiger partial charge is 0.207 e. The van der Waals surface area contributed by atoms with Crippen molar-refractivity contribution in [1.29, 1.82) is 0 Å². The van der Waals surface area contributed by atoms with Gasteiger partial charge in [0.05, 0.1) is 4.34 Å². The van der Waals surface area contributed by atoms with E-state index < -0.39 is 10.0 Å². The van der Waals surface area contributed by atoms with Crippen LogP contribution in [0.3, 0.4) is 0 Å². The molecule has 1 aromatic rings. The van der Waals surface area contributed by atoms with E-state index in [1.165, 1.54) is 10.4 Å². The van der Waals surface area contributed by atoms with E-state index in [9.17, 15) is 8.42 Å². The molecule has 0 bridgehead atoms. The number of hydrogen-bond acceptors (Lipinski definition) is 3. The molecule has 0 fully saturated rings. The van der Waals surface area contributed by atoms with Gasteiger partial charge in [0.2, 0.25) is 10.0 Å². The molecule has 0 N–H and O–H groups in total. The van der Waals surface area contributed by atoms with Gasteiger partial charge in [-0.2, -0.15) is 4.31 Å². The molecule has 8 heteroatoms. The van der Waals surface area contributed by atoms with E-state index in [-0.39, 0.29) is 21.7 Å². The average Bonchev–Trinajstić information content (AvgIpc) is 2.64. The van der Waals surface area contributed by atoms with E-state index in [1.807, 2.05) is 6.92 Å². The molecule has 0 aromatic carbocycles. The number of hydrogen-bond donors (Lipinski definition) is 0. The van der Waals surface area contributed by atoms with E-state index in [2.05, 4.69) is 0 Å². The summed E-state index contributed by atoms with van der Waals surface area (Å²) in [7, 11) is -3.60. The first kappa shape index (κ1) is 16.5. The van der Waals surface area contributed by atoms with Gasteiger partial charge in [0, 0.05) is 19.0 Å². The minimum atomic E-state index is -3.60. The Labute approximate surface area is 127 Å². The quantitative estimate of drug-likeness (QED) is 0.695. The Bertz CT molecular complexity index is 487. The number of halogens is 3. The van der Waals surface area contributed by atoms with Gasteiger partial charge < -0.3 is 0 Å². The molecule has 0 atom stereocenters. The van der Waals surface area contributed by atoms with E-state index >= 15 is 0 Å². The van der Waals surface area contributed by atoms with Crippen molar-refractivity contribution in [2.45, 2.75) is 24.7 Å². The second kappa shape index (κ2) is 7.31. The van der Waals surface area contributed by atoms with Gasteiger partial charge in [-0.15, -0.1) is 22.9 Å². The Kier molecular flexibility index (Phi) is 6.72. The second-order valence-corrected chi connectivity index (χ2v) is 8.20. The minimum absolute atomic E-state index is 0.0698. The van der Waals surface area contributed by atoms with E-state index in [0.29, 0.717) is 10.9 Å². The van der Waals surface area contributed by atoms with Gasteiger partial charge >= 0.3 is 0 Å². The summed E-state index contributed by atoms with van der Waals surface area (Å²) in [6.45, 7) is 2.71. The first-order valence-electron chi connectivity index (χ1n) is 5.44. The molecule has 0 radical (unpaired) electrons. The van der Waals surface area contributed by atoms with Crippen LogP contribution in [0.5, 0.6) is 0 Å². The van der Waals surface area contributed by atoms with Crippen molar-refractivity contribution in [3.63, 3.8) is 0 Å². The third-order valence-corrected chi connectivity index (χ3v) is 6.16. The lowest BCUT2D eigenvalue weighted by molar-refractivity contribution is 0.420. The maximum atomic E-state index is 12.4. The Morgan fingerprint density at radius 1 is 1.33 bits per heavy atom. The normalized spacial score (nSPS) is 12.3. The summed E-state index contributed by atoms with van der Waals surface area (Å²) in [6.07, 6.45) is 1.69. The standard InChI is InChI=1S/C10H14Cl3NO2S2/c1-2-3-5-14(6-4-11)18(15,16)8-7-9(12)17-10(8)13/h7H,2-6H2,1H3. The van der Waals surface area contributed by atoms with E-state index in [0.717, 1.165) is 24.2 Å². The Hall–Kier alpha value is 0.480. The molecule has 0 aliphatic carbocycles. The second-order valence-electron chi connectivity index (χ2n) is 3.64. The zero-order valence-electron chi connectivity index (χ0n) is 9.83. The highest BCUT2D eigenvalue weighted by molar-refractivity contribution is 7.89. The van der Waals surface area contributed by atoms with E-state index in [1.54, 1.807) is 0 Å². The van der Waals surface area contributed by atoms with Gasteiger partial charge in [-0.05, 0) is 12.5 Å². The van der Waals surface area contributed by atoms with Gasteiger partial charge in [-0.3, -0.25) is 0 Å². The third kappa shape index (κ3) is 3.99. The minimum Gasteiger partial charge on any atom is -0.207 e. The van der Waals surface area contributed by atoms with Gasteiger partial charge in [0.1, 0.15) is 9.23 Å². The zero-order valence-corrected chi connectivity index (χ0v) is 13.7. The molecule has 1 heterocycles. The molecule has 1 aromatic heterocycles. The molecule has 0 amide bonds. The van der Waals surface area contributed by atoms with Crippen LogP contribution in [0, 0.1) is 0 Å². The van der Waals surface area contributed by atoms with Gasteiger partial charge in [-0.25, -0.2) is 8.42 Å². The van der Waals surface area contributed by atoms with Gasteiger partial charge in [0.15, 0.2) is 0 Å². The average molecular weight is 351 g/mol. The molecular weight excluding hydrogens is 337 g/mol. The lowest BCUT2D eigenvalue weighted by Gasteiger charge is -2.20. The molecule has 1 rings (SSSR count). The number of thiophene rings is 1. The first-order chi connectivity index (χ1) is 8.43. The van der Waals surface area contributed by atoms with Crippen LogP contribution in [0.15, 0.2) is 11.0 Å². The number of rotatable bonds is 7. The topological polar surface area (TPSA) is 37.4 Å². The third-order valence-electron chi connectivity index (χ3n) is 2.34. The molecule has 0 unspecified atom stereocenters. The largest absolute Gasteiger partial charge is 0.245 e. The predicted octanol–water partition coefficient (Wildman–Crippen LogP) is 4.08. The highest BCUT2D eigenvalue weighted by Gasteiger charge is 2.27. The summed E-state index contributed by atoms with van der Waals surface area (Å²) in [4.78, 5) is 0.0698. The molecule has 0 spiro atoms. The molecule has 0 aliphatic heterocycles. The Morgan fingerprint density at radius 2 is 2.00 bits per heavy atom. The SMILES string of the molecule is CCCCN(CCCl)S(=O)(=O)c1cc(Cl)sc1Cl. The maximum Gasteiger partial charge on any atom is 0.245 e. The number of sulfonamides is 1. The van der Waals surface area contributed by atoms with Crippen LogP contribution in [-0.2, 0) is 10.0 Å². The van der Waals surface area contributed by atoms with Crippen molar-refractivity contribution in [3.05, 3.63) is 14.7 Å². The van der Waals surface area contributed by atoms with Crippen molar-refractivity contribution in [3.8, 4) is 0 Å². The molecule has 3 nitrogen and oxygen atoms in total. The summed E-state index contributed by atoms with van der Waals surface area (Å²) in [5.74, 6) is 0.248. The molecule has 0 saturated heterocycles. The summed E-state index contributed by atoms with van der Waals surface area (Å²) in [6, 6.07) is 1.39. The lowest BCUT2D eigenvalue weighted by Crippen LogP contribution is -2.33. The van der Waals surface area contributed by atoms with Crippen LogP contribution in [0.2, 0.25) is 8.67 Å². The van der Waals surface area contributed by atoms with Gasteiger partial charge in [-0.1, -0.05) is 36.5 Å². The van der Waals surface area contributed by atoms with Crippen LogP contribution in [-0.4, -0.2) is 31.7 Å². The summed E-state index contributed by atoms with van der Waals surface area (Å²) < 4.78 is 26.7. The van der Waals surface area contributed by atoms with Crippen molar-refractivity contribution >= 4 is 56.2 Å². The number of nitrogens with zero attached hydrogens (tertiary/aromatic N) is 1. The predicted molar refractivity (Wildman–Crippen MR) is 78.7 cm³/mol. The van der Waals surface area contributed by atoms with Crippen LogP contribution < -0.4 is 0 Å². The Balaban J connectivity index is 3.04. The van der Waals surface area contributed by atoms with Gasteiger partial charge in [0.25, 0.3) is 0 Å². The molecule has 0 saturated carbocycles. The molecular formula is C10H14Cl3NO2S2. The summed E-state index contributed by atoms with van der Waals surface area (Å²) in [5.41, 5.74) is 0. The van der Waals surface area contributed by atoms with Crippen molar-refractivity contribution in [1.82, 2.24) is 4.31 Å². The van der Waals surface area contributed by atoms with E-state index in [4.69, 9.17) is 34.8 Å². The van der Waals surface area contributed by atoms with Crippen molar-refractivity contribution in [2.75, 3.05) is 19.0 Å². The molecule has 104 valence electrons. The van der Waals surface area contributed by atoms with Crippen LogP contribution in [0.25, 0.3) is 0 Å². The fourth-order valence-electron chi connectivity index (χ4n) is 1.42. The fraction of sp³-hybridized carbons (Fsp3) is 0.600. The fourth-order valence-corrected chi connectivity index (χ4v) is 5.32. The van der Waals surface area contributed by atoms with Crippen LogP contribution >= 0.6 is 46.1 Å². The van der Waals surface area contributed by atoms with Crippen molar-refractivity contribution < 1.29 is 8.42 Å². The lowest BCUT2D eigenvalue weighted by atomic mass is 10.3. The number of alkyl halides is 1.